The summed E-state index contributed by atoms with van der Waals surface area (Å²) in [6.45, 7) is 8.40. The molecule has 6 N–H and O–H groups in total. The molecule has 1 aromatic carbocycles. The standard InChI is InChI=1S/C51H66O7/c1-29(54)30-9-10-31-20-32-11-16-46-17-13-40-49(42(57)25-52)15-6-8-35(22-41(49)56)51(40,36(32)21-33(31)19-30)43(46)39(55)23-37-38-24-44(2,3)26-47-14-5-7-34(47)12-18-48(58,27-45(37,46)4)50(38,47)28-53/h6,8-10,12,18-21,23,29,32,34-36,38,40-43,52-54,56-58H,5,7,11,13-17,22,24-28H2,1-4H3/t29-,32-,34-,35-,36-,38-,40-,41+,42-,43+,45-,46-,47+,48+,49+,50-,51-/m1/s1. The lowest BCUT2D eigenvalue weighted by atomic mass is 9.26. The van der Waals surface area contributed by atoms with Crippen LogP contribution >= 0.6 is 0 Å². The molecule has 1 aromatic rings. The fourth-order valence-electron chi connectivity index (χ4n) is 19.1. The van der Waals surface area contributed by atoms with Gasteiger partial charge in [0.05, 0.1) is 37.1 Å². The van der Waals surface area contributed by atoms with Crippen LogP contribution in [0, 0.1) is 79.3 Å². The maximum Gasteiger partial charge on any atom is 0.159 e. The zero-order chi connectivity index (χ0) is 40.6. The molecule has 312 valence electrons. The Morgan fingerprint density at radius 1 is 0.914 bits per heavy atom. The smallest absolute Gasteiger partial charge is 0.159 e. The predicted octanol–water partition coefficient (Wildman–Crippen LogP) is 5.44. The van der Waals surface area contributed by atoms with Gasteiger partial charge in [0.2, 0.25) is 0 Å². The number of rotatable bonds is 4. The predicted molar refractivity (Wildman–Crippen MR) is 222 cm³/mol. The molecule has 7 heteroatoms. The summed E-state index contributed by atoms with van der Waals surface area (Å²) in [7, 11) is 0. The highest BCUT2D eigenvalue weighted by atomic mass is 16.3. The third-order valence-electron chi connectivity index (χ3n) is 20.7. The second-order valence-electron chi connectivity index (χ2n) is 22.8. The van der Waals surface area contributed by atoms with Crippen molar-refractivity contribution in [1.82, 2.24) is 0 Å². The van der Waals surface area contributed by atoms with Crippen molar-refractivity contribution in [2.24, 2.45) is 79.3 Å². The van der Waals surface area contributed by atoms with Crippen LogP contribution in [0.25, 0.3) is 12.2 Å². The zero-order valence-electron chi connectivity index (χ0n) is 35.0. The van der Waals surface area contributed by atoms with Crippen molar-refractivity contribution in [2.75, 3.05) is 13.2 Å². The van der Waals surface area contributed by atoms with Gasteiger partial charge >= 0.3 is 0 Å². The lowest BCUT2D eigenvalue weighted by Crippen LogP contribution is -2.77. The third kappa shape index (κ3) is 4.13. The first-order chi connectivity index (χ1) is 27.5. The maximum atomic E-state index is 16.2. The van der Waals surface area contributed by atoms with E-state index < -0.39 is 63.5 Å². The summed E-state index contributed by atoms with van der Waals surface area (Å²) in [6.07, 6.45) is 22.5. The SMILES string of the molecule is C[C@@H](O)c1ccc2c(c1)=C[C@@H]1[C@@H](C=2)CC[C@@]23CC[C@@H]4[C@@]5([C@H](O)CO)CC=C[C@H](C[C@@H]5O)[C@@]14[C@H]2C(=O)C=C1[C@H]2CC(C)(C)C[C@@]45CCC[C@@H]4C=C[C@](O)(C[C@]13C)[C@]25CO. The van der Waals surface area contributed by atoms with Crippen LogP contribution in [0.3, 0.4) is 0 Å². The zero-order valence-corrected chi connectivity index (χ0v) is 35.0. The molecule has 6 saturated carbocycles. The fourth-order valence-corrected chi connectivity index (χ4v) is 19.1. The number of hydrogen-bond donors (Lipinski definition) is 6. The van der Waals surface area contributed by atoms with Crippen molar-refractivity contribution in [3.8, 4) is 0 Å². The molecule has 11 aliphatic rings. The number of allylic oxidation sites excluding steroid dienone is 5. The minimum absolute atomic E-state index is 0.0409. The number of aliphatic hydroxyl groups is 6. The molecule has 0 aliphatic heterocycles. The summed E-state index contributed by atoms with van der Waals surface area (Å²) < 4.78 is 0. The minimum atomic E-state index is -1.25. The molecule has 7 nitrogen and oxygen atoms in total. The molecule has 11 aliphatic carbocycles. The van der Waals surface area contributed by atoms with Crippen molar-refractivity contribution < 1.29 is 35.4 Å². The highest BCUT2D eigenvalue weighted by Crippen LogP contribution is 2.85. The van der Waals surface area contributed by atoms with E-state index >= 15 is 4.79 Å². The van der Waals surface area contributed by atoms with E-state index in [1.54, 1.807) is 6.92 Å². The first-order valence-corrected chi connectivity index (χ1v) is 23.0. The highest BCUT2D eigenvalue weighted by Gasteiger charge is 2.83. The number of benzene rings is 1. The normalized spacial score (nSPS) is 52.0. The quantitative estimate of drug-likeness (QED) is 0.224. The van der Waals surface area contributed by atoms with Crippen LogP contribution in [0.15, 0.2) is 54.2 Å². The Bertz CT molecular complexity index is 2190. The highest BCUT2D eigenvalue weighted by molar-refractivity contribution is 5.96. The van der Waals surface area contributed by atoms with Crippen molar-refractivity contribution in [1.29, 1.82) is 0 Å². The van der Waals surface area contributed by atoms with E-state index in [2.05, 4.69) is 75.4 Å². The number of ketones is 1. The average Bonchev–Trinajstić information content (AvgIpc) is 3.37. The number of aliphatic hydroxyl groups excluding tert-OH is 5. The Labute approximate surface area is 343 Å². The Hall–Kier alpha value is -2.39. The summed E-state index contributed by atoms with van der Waals surface area (Å²) >= 11 is 0. The van der Waals surface area contributed by atoms with Crippen molar-refractivity contribution in [3.63, 3.8) is 0 Å². The van der Waals surface area contributed by atoms with Gasteiger partial charge in [-0.3, -0.25) is 4.79 Å². The van der Waals surface area contributed by atoms with Crippen LogP contribution in [0.1, 0.15) is 116 Å². The second kappa shape index (κ2) is 11.9. The van der Waals surface area contributed by atoms with Crippen molar-refractivity contribution >= 4 is 17.9 Å². The Balaban J connectivity index is 1.20. The molecule has 12 rings (SSSR count). The van der Waals surface area contributed by atoms with Crippen LogP contribution in [0.4, 0.5) is 0 Å². The molecule has 2 spiro atoms. The van der Waals surface area contributed by atoms with Gasteiger partial charge in [0.15, 0.2) is 5.78 Å². The number of fused-ring (bicyclic) bond motifs is 6. The van der Waals surface area contributed by atoms with Crippen LogP contribution in [-0.4, -0.2) is 67.4 Å². The molecular formula is C51H66O7. The first kappa shape index (κ1) is 38.5. The number of carbonyl (C=O) groups is 1. The fraction of sp³-hybridized carbons (Fsp3) is 0.706. The van der Waals surface area contributed by atoms with Crippen LogP contribution < -0.4 is 10.4 Å². The van der Waals surface area contributed by atoms with E-state index in [-0.39, 0.29) is 52.8 Å². The van der Waals surface area contributed by atoms with Gasteiger partial charge in [-0.15, -0.1) is 0 Å². The van der Waals surface area contributed by atoms with Crippen LogP contribution in [0.2, 0.25) is 0 Å². The molecule has 0 heterocycles. The first-order valence-electron chi connectivity index (χ1n) is 23.0. The lowest BCUT2D eigenvalue weighted by molar-refractivity contribution is -0.289. The number of hydrogen-bond acceptors (Lipinski definition) is 7. The Morgan fingerprint density at radius 3 is 2.47 bits per heavy atom. The summed E-state index contributed by atoms with van der Waals surface area (Å²) in [5.74, 6) is -0.536. The summed E-state index contributed by atoms with van der Waals surface area (Å²) in [5, 5.41) is 73.9. The van der Waals surface area contributed by atoms with Gasteiger partial charge in [-0.25, -0.2) is 0 Å². The van der Waals surface area contributed by atoms with Gasteiger partial charge in [-0.05, 0) is 168 Å². The van der Waals surface area contributed by atoms with Gasteiger partial charge in [-0.2, -0.15) is 0 Å². The summed E-state index contributed by atoms with van der Waals surface area (Å²) in [5.41, 5.74) is -3.10. The number of carbonyl (C=O) groups excluding carboxylic acids is 1. The van der Waals surface area contributed by atoms with Gasteiger partial charge in [0, 0.05) is 16.7 Å². The maximum absolute atomic E-state index is 16.2. The van der Waals surface area contributed by atoms with Gasteiger partial charge < -0.3 is 30.6 Å². The van der Waals surface area contributed by atoms with Gasteiger partial charge in [-0.1, -0.05) is 81.4 Å². The van der Waals surface area contributed by atoms with Crippen LogP contribution in [0.5, 0.6) is 0 Å². The Morgan fingerprint density at radius 2 is 1.71 bits per heavy atom. The van der Waals surface area contributed by atoms with Crippen molar-refractivity contribution in [3.05, 3.63) is 70.2 Å². The van der Waals surface area contributed by atoms with E-state index in [0.29, 0.717) is 31.6 Å². The van der Waals surface area contributed by atoms with E-state index in [1.807, 2.05) is 6.07 Å². The molecule has 0 saturated heterocycles. The molecule has 17 atom stereocenters. The van der Waals surface area contributed by atoms with E-state index in [0.717, 1.165) is 67.4 Å². The Kier molecular flexibility index (Phi) is 7.94. The monoisotopic (exact) mass is 790 g/mol. The molecule has 0 aromatic heterocycles. The van der Waals surface area contributed by atoms with E-state index in [9.17, 15) is 30.6 Å². The van der Waals surface area contributed by atoms with Crippen LogP contribution in [-0.2, 0) is 4.79 Å². The van der Waals surface area contributed by atoms with E-state index in [4.69, 9.17) is 0 Å². The molecule has 0 amide bonds. The second-order valence-corrected chi connectivity index (χ2v) is 22.8. The average molecular weight is 791 g/mol. The lowest BCUT2D eigenvalue weighted by Gasteiger charge is -2.77. The molecule has 4 bridgehead atoms. The molecule has 0 radical (unpaired) electrons. The summed E-state index contributed by atoms with van der Waals surface area (Å²) in [4.78, 5) is 16.2. The molecule has 0 unspecified atom stereocenters. The van der Waals surface area contributed by atoms with Gasteiger partial charge in [0.1, 0.15) is 0 Å². The van der Waals surface area contributed by atoms with Gasteiger partial charge in [0.25, 0.3) is 0 Å². The van der Waals surface area contributed by atoms with Crippen molar-refractivity contribution in [2.45, 2.75) is 129 Å². The third-order valence-corrected chi connectivity index (χ3v) is 20.7. The molecular weight excluding hydrogens is 725 g/mol. The minimum Gasteiger partial charge on any atom is -0.396 e. The molecule has 58 heavy (non-hydrogen) atoms. The molecule has 6 fully saturated rings. The van der Waals surface area contributed by atoms with E-state index in [1.165, 1.54) is 5.57 Å². The topological polar surface area (TPSA) is 138 Å². The summed E-state index contributed by atoms with van der Waals surface area (Å²) in [6, 6.07) is 6.26. The largest absolute Gasteiger partial charge is 0.396 e.